The average molecular weight is 550 g/mol. The number of guanidine groups is 1. The number of amides is 3. The second kappa shape index (κ2) is 14.3. The molecule has 0 radical (unpaired) electrons. The fraction of sp³-hybridized carbons (Fsp3) is 0.467. The molecule has 2 aromatic rings. The van der Waals surface area contributed by atoms with E-state index in [2.05, 4.69) is 15.6 Å². The van der Waals surface area contributed by atoms with E-state index in [0.717, 1.165) is 18.4 Å². The summed E-state index contributed by atoms with van der Waals surface area (Å²) in [5.74, 6) is 0.667. The standard InChI is InChI=1S/C30H39N5O5/c1-3-39-28(37)21-35-20-22-19-25(40-18-10-15-27(36)34(2)24-13-8-5-9-14-24)16-17-26(22)32-29(35)33-30(38)31-23-11-6-4-7-12-23/h4,6-7,11-12,16-17,19,24H,3,5,8-10,13-15,18,20-21H2,1-2H3,(H2,31,32,33,38). The number of rotatable bonds is 10. The summed E-state index contributed by atoms with van der Waals surface area (Å²) in [4.78, 5) is 45.7. The second-order valence-electron chi connectivity index (χ2n) is 10.1. The molecule has 1 heterocycles. The van der Waals surface area contributed by atoms with Crippen LogP contribution in [0.15, 0.2) is 53.5 Å². The third kappa shape index (κ3) is 8.21. The molecule has 0 bridgehead atoms. The van der Waals surface area contributed by atoms with Gasteiger partial charge in [0, 0.05) is 37.3 Å². The van der Waals surface area contributed by atoms with Crippen LogP contribution in [0.1, 0.15) is 57.4 Å². The summed E-state index contributed by atoms with van der Waals surface area (Å²) in [5.41, 5.74) is 2.16. The highest BCUT2D eigenvalue weighted by Gasteiger charge is 2.25. The van der Waals surface area contributed by atoms with Crippen LogP contribution in [-0.2, 0) is 20.9 Å². The number of carbonyl (C=O) groups excluding carboxylic acids is 3. The number of benzene rings is 2. The first kappa shape index (κ1) is 28.9. The van der Waals surface area contributed by atoms with Gasteiger partial charge in [-0.2, -0.15) is 0 Å². The maximum atomic E-state index is 12.6. The van der Waals surface area contributed by atoms with E-state index in [1.54, 1.807) is 24.0 Å². The zero-order chi connectivity index (χ0) is 28.3. The zero-order valence-corrected chi connectivity index (χ0v) is 23.4. The van der Waals surface area contributed by atoms with Gasteiger partial charge in [-0.05, 0) is 56.5 Å². The molecule has 1 aliphatic heterocycles. The van der Waals surface area contributed by atoms with Crippen molar-refractivity contribution in [1.82, 2.24) is 15.1 Å². The predicted molar refractivity (Wildman–Crippen MR) is 154 cm³/mol. The van der Waals surface area contributed by atoms with Gasteiger partial charge >= 0.3 is 12.0 Å². The summed E-state index contributed by atoms with van der Waals surface area (Å²) < 4.78 is 11.1. The number of aliphatic imine (C=N–C) groups is 1. The van der Waals surface area contributed by atoms with Gasteiger partial charge in [-0.15, -0.1) is 0 Å². The van der Waals surface area contributed by atoms with Crippen molar-refractivity contribution in [1.29, 1.82) is 0 Å². The Morgan fingerprint density at radius 2 is 1.82 bits per heavy atom. The van der Waals surface area contributed by atoms with E-state index in [1.165, 1.54) is 19.3 Å². The molecule has 0 saturated heterocycles. The Morgan fingerprint density at radius 3 is 2.58 bits per heavy atom. The summed E-state index contributed by atoms with van der Waals surface area (Å²) >= 11 is 0. The maximum Gasteiger partial charge on any atom is 0.326 e. The number of fused-ring (bicyclic) bond motifs is 1. The molecule has 3 amide bonds. The van der Waals surface area contributed by atoms with Crippen molar-refractivity contribution in [3.05, 3.63) is 54.1 Å². The number of urea groups is 1. The quantitative estimate of drug-likeness (QED) is 0.325. The summed E-state index contributed by atoms with van der Waals surface area (Å²) in [6, 6.07) is 14.5. The van der Waals surface area contributed by atoms with Crippen LogP contribution in [-0.4, -0.2) is 66.5 Å². The summed E-state index contributed by atoms with van der Waals surface area (Å²) in [5, 5.41) is 5.52. The number of esters is 1. The van der Waals surface area contributed by atoms with Crippen LogP contribution in [0.5, 0.6) is 5.75 Å². The Kier molecular flexibility index (Phi) is 10.4. The van der Waals surface area contributed by atoms with E-state index in [1.807, 2.05) is 48.3 Å². The highest BCUT2D eigenvalue weighted by atomic mass is 16.5. The van der Waals surface area contributed by atoms with Crippen molar-refractivity contribution < 1.29 is 23.9 Å². The molecule has 0 spiro atoms. The number of anilines is 1. The minimum absolute atomic E-state index is 0.0700. The second-order valence-corrected chi connectivity index (χ2v) is 10.1. The fourth-order valence-electron chi connectivity index (χ4n) is 5.00. The summed E-state index contributed by atoms with van der Waals surface area (Å²) in [6.45, 7) is 2.69. The molecule has 10 nitrogen and oxygen atoms in total. The highest BCUT2D eigenvalue weighted by Crippen LogP contribution is 2.30. The number of carbonyl (C=O) groups is 3. The predicted octanol–water partition coefficient (Wildman–Crippen LogP) is 4.82. The molecule has 0 unspecified atom stereocenters. The Hall–Kier alpha value is -4.08. The Balaban J connectivity index is 1.35. The Labute approximate surface area is 235 Å². The van der Waals surface area contributed by atoms with Crippen LogP contribution in [0.4, 0.5) is 16.2 Å². The molecule has 1 aliphatic carbocycles. The van der Waals surface area contributed by atoms with Crippen molar-refractivity contribution in [3.63, 3.8) is 0 Å². The minimum Gasteiger partial charge on any atom is -0.494 e. The summed E-state index contributed by atoms with van der Waals surface area (Å²) in [6.07, 6.45) is 6.94. The molecule has 1 fully saturated rings. The lowest BCUT2D eigenvalue weighted by molar-refractivity contribution is -0.143. The van der Waals surface area contributed by atoms with E-state index in [9.17, 15) is 14.4 Å². The smallest absolute Gasteiger partial charge is 0.326 e. The van der Waals surface area contributed by atoms with Crippen molar-refractivity contribution >= 4 is 35.2 Å². The van der Waals surface area contributed by atoms with Crippen molar-refractivity contribution in [3.8, 4) is 5.75 Å². The number of ether oxygens (including phenoxy) is 2. The number of hydrogen-bond donors (Lipinski definition) is 2. The Bertz CT molecular complexity index is 1200. The van der Waals surface area contributed by atoms with Crippen molar-refractivity contribution in [2.45, 2.75) is 64.5 Å². The lowest BCUT2D eigenvalue weighted by atomic mass is 9.94. The number of nitrogens with one attached hydrogen (secondary N) is 2. The van der Waals surface area contributed by atoms with Crippen LogP contribution in [0, 0.1) is 0 Å². The van der Waals surface area contributed by atoms with Gasteiger partial charge in [0.05, 0.1) is 18.9 Å². The SMILES string of the molecule is CCOC(=O)CN1Cc2cc(OCCCC(=O)N(C)C3CCCCC3)ccc2N=C1NC(=O)Nc1ccccc1. The number of nitrogens with zero attached hydrogens (tertiary/aromatic N) is 3. The zero-order valence-electron chi connectivity index (χ0n) is 23.4. The topological polar surface area (TPSA) is 113 Å². The van der Waals surface area contributed by atoms with Gasteiger partial charge in [0.1, 0.15) is 12.3 Å². The first-order valence-corrected chi connectivity index (χ1v) is 14.1. The molecule has 1 saturated carbocycles. The minimum atomic E-state index is -0.467. The lowest BCUT2D eigenvalue weighted by Gasteiger charge is -2.31. The van der Waals surface area contributed by atoms with Gasteiger partial charge in [-0.3, -0.25) is 14.9 Å². The normalized spacial score (nSPS) is 14.9. The van der Waals surface area contributed by atoms with E-state index in [-0.39, 0.29) is 25.0 Å². The van der Waals surface area contributed by atoms with E-state index < -0.39 is 12.0 Å². The third-order valence-corrected chi connectivity index (χ3v) is 7.14. The highest BCUT2D eigenvalue weighted by molar-refractivity contribution is 6.04. The van der Waals surface area contributed by atoms with E-state index in [0.29, 0.717) is 49.2 Å². The largest absolute Gasteiger partial charge is 0.494 e. The molecule has 2 N–H and O–H groups in total. The van der Waals surface area contributed by atoms with Crippen LogP contribution < -0.4 is 15.4 Å². The maximum absolute atomic E-state index is 12.6. The van der Waals surface area contributed by atoms with Gasteiger partial charge < -0.3 is 24.6 Å². The van der Waals surface area contributed by atoms with Gasteiger partial charge in [0.2, 0.25) is 11.9 Å². The van der Waals surface area contributed by atoms with E-state index in [4.69, 9.17) is 9.47 Å². The molecular formula is C30H39N5O5. The molecule has 2 aliphatic rings. The van der Waals surface area contributed by atoms with E-state index >= 15 is 0 Å². The van der Waals surface area contributed by atoms with Gasteiger partial charge in [0.15, 0.2) is 0 Å². The summed E-state index contributed by atoms with van der Waals surface area (Å²) in [7, 11) is 1.92. The third-order valence-electron chi connectivity index (χ3n) is 7.14. The van der Waals surface area contributed by atoms with Crippen LogP contribution in [0.3, 0.4) is 0 Å². The number of hydrogen-bond acceptors (Lipinski definition) is 7. The first-order valence-electron chi connectivity index (χ1n) is 14.1. The molecule has 214 valence electrons. The van der Waals surface area contributed by atoms with Gasteiger partial charge in [0.25, 0.3) is 0 Å². The van der Waals surface area contributed by atoms with Crippen LogP contribution in [0.25, 0.3) is 0 Å². The Morgan fingerprint density at radius 1 is 1.05 bits per heavy atom. The van der Waals surface area contributed by atoms with Crippen molar-refractivity contribution in [2.75, 3.05) is 32.1 Å². The molecule has 40 heavy (non-hydrogen) atoms. The fourth-order valence-corrected chi connectivity index (χ4v) is 5.00. The first-order chi connectivity index (χ1) is 19.4. The van der Waals surface area contributed by atoms with Crippen LogP contribution in [0.2, 0.25) is 0 Å². The molecule has 0 atom stereocenters. The number of para-hydroxylation sites is 1. The van der Waals surface area contributed by atoms with Crippen LogP contribution >= 0.6 is 0 Å². The average Bonchev–Trinajstić information content (AvgIpc) is 2.96. The molecule has 4 rings (SSSR count). The molecule has 10 heteroatoms. The van der Waals surface area contributed by atoms with Crippen molar-refractivity contribution in [2.24, 2.45) is 4.99 Å². The molecule has 0 aromatic heterocycles. The molecule has 2 aromatic carbocycles. The lowest BCUT2D eigenvalue weighted by Crippen LogP contribution is -2.48. The van der Waals surface area contributed by atoms with Gasteiger partial charge in [-0.25, -0.2) is 9.79 Å². The van der Waals surface area contributed by atoms with Gasteiger partial charge in [-0.1, -0.05) is 37.5 Å². The molecular weight excluding hydrogens is 510 g/mol. The monoisotopic (exact) mass is 549 g/mol.